The number of likely N-dealkylation sites (tertiary alicyclic amines) is 1. The minimum Gasteiger partial charge on any atom is -0.507 e. The van der Waals surface area contributed by atoms with Gasteiger partial charge in [0.1, 0.15) is 11.5 Å². The molecule has 1 unspecified atom stereocenters. The number of carbonyl (C=O) groups is 2. The topological polar surface area (TPSA) is 66.8 Å². The quantitative estimate of drug-likeness (QED) is 0.216. The maximum absolute atomic E-state index is 13.3. The van der Waals surface area contributed by atoms with E-state index in [1.807, 2.05) is 50.2 Å². The Labute approximate surface area is 203 Å². The molecule has 2 aromatic rings. The number of ketones is 1. The summed E-state index contributed by atoms with van der Waals surface area (Å²) in [7, 11) is 0. The van der Waals surface area contributed by atoms with E-state index in [0.29, 0.717) is 18.7 Å². The van der Waals surface area contributed by atoms with Crippen LogP contribution in [0.1, 0.15) is 82.2 Å². The molecule has 0 bridgehead atoms. The number of hydrogen-bond acceptors (Lipinski definition) is 4. The van der Waals surface area contributed by atoms with Gasteiger partial charge in [-0.2, -0.15) is 0 Å². The summed E-state index contributed by atoms with van der Waals surface area (Å²) in [5.74, 6) is -0.568. The van der Waals surface area contributed by atoms with E-state index in [-0.39, 0.29) is 16.7 Å². The normalized spacial score (nSPS) is 17.9. The van der Waals surface area contributed by atoms with E-state index >= 15 is 0 Å². The lowest BCUT2D eigenvalue weighted by Crippen LogP contribution is -2.31. The first-order valence-electron chi connectivity index (χ1n) is 12.2. The zero-order valence-electron chi connectivity index (χ0n) is 21.3. The van der Waals surface area contributed by atoms with Crippen molar-refractivity contribution in [2.75, 3.05) is 13.2 Å². The van der Waals surface area contributed by atoms with E-state index in [4.69, 9.17) is 4.74 Å². The molecule has 1 saturated heterocycles. The molecule has 0 saturated carbocycles. The second-order valence-electron chi connectivity index (χ2n) is 9.95. The Bertz CT molecular complexity index is 1090. The standard InChI is InChI=1S/C29H37NO4/c1-7-9-12-17-30-25(21-14-11-10-13-19(21)3)24(27(32)28(30)33)26(31)20-15-16-23(34-8-2)22(18-20)29(4,5)6/h10-11,13-16,18,25,31H,7-9,12,17H2,1-6H3/b26-24+. The Morgan fingerprint density at radius 2 is 1.76 bits per heavy atom. The van der Waals surface area contributed by atoms with Crippen molar-refractivity contribution in [3.8, 4) is 5.75 Å². The van der Waals surface area contributed by atoms with Crippen LogP contribution in [0.2, 0.25) is 0 Å². The number of aliphatic hydroxyl groups excluding tert-OH is 1. The molecule has 1 N–H and O–H groups in total. The van der Waals surface area contributed by atoms with Gasteiger partial charge >= 0.3 is 0 Å². The smallest absolute Gasteiger partial charge is 0.295 e. The zero-order valence-corrected chi connectivity index (χ0v) is 21.3. The van der Waals surface area contributed by atoms with Crippen LogP contribution in [0.25, 0.3) is 5.76 Å². The number of carbonyl (C=O) groups excluding carboxylic acids is 2. The fraction of sp³-hybridized carbons (Fsp3) is 0.448. The number of ether oxygens (including phenoxy) is 1. The third kappa shape index (κ3) is 5.03. The average molecular weight is 464 g/mol. The van der Waals surface area contributed by atoms with Crippen molar-refractivity contribution in [3.05, 3.63) is 70.3 Å². The predicted octanol–water partition coefficient (Wildman–Crippen LogP) is 6.30. The molecule has 34 heavy (non-hydrogen) atoms. The average Bonchev–Trinajstić information content (AvgIpc) is 3.04. The number of unbranched alkanes of at least 4 members (excludes halogenated alkanes) is 2. The number of hydrogen-bond donors (Lipinski definition) is 1. The maximum atomic E-state index is 13.3. The molecular formula is C29H37NO4. The maximum Gasteiger partial charge on any atom is 0.295 e. The van der Waals surface area contributed by atoms with Crippen molar-refractivity contribution >= 4 is 17.4 Å². The van der Waals surface area contributed by atoms with Gasteiger partial charge < -0.3 is 14.7 Å². The SMILES string of the molecule is CCCCCN1C(=O)C(=O)/C(=C(/O)c2ccc(OCC)c(C(C)(C)C)c2)C1c1ccccc1C. The van der Waals surface area contributed by atoms with Crippen molar-refractivity contribution in [3.63, 3.8) is 0 Å². The number of Topliss-reactive ketones (excluding diaryl/α,β-unsaturated/α-hetero) is 1. The highest BCUT2D eigenvalue weighted by atomic mass is 16.5. The van der Waals surface area contributed by atoms with E-state index in [0.717, 1.165) is 41.7 Å². The van der Waals surface area contributed by atoms with Gasteiger partial charge in [0.05, 0.1) is 18.2 Å². The highest BCUT2D eigenvalue weighted by Crippen LogP contribution is 2.42. The number of rotatable bonds is 8. The Balaban J connectivity index is 2.19. The lowest BCUT2D eigenvalue weighted by molar-refractivity contribution is -0.139. The molecule has 0 aliphatic carbocycles. The molecule has 0 spiro atoms. The van der Waals surface area contributed by atoms with Crippen LogP contribution in [0.4, 0.5) is 0 Å². The van der Waals surface area contributed by atoms with Gasteiger partial charge in [0.15, 0.2) is 0 Å². The second-order valence-corrected chi connectivity index (χ2v) is 9.95. The van der Waals surface area contributed by atoms with Crippen LogP contribution < -0.4 is 4.74 Å². The Hall–Kier alpha value is -3.08. The highest BCUT2D eigenvalue weighted by molar-refractivity contribution is 6.46. The first-order valence-corrected chi connectivity index (χ1v) is 12.2. The summed E-state index contributed by atoms with van der Waals surface area (Å²) in [6.45, 7) is 13.2. The lowest BCUT2D eigenvalue weighted by Gasteiger charge is -2.27. The van der Waals surface area contributed by atoms with E-state index in [1.165, 1.54) is 0 Å². The summed E-state index contributed by atoms with van der Waals surface area (Å²) in [6.07, 6.45) is 2.79. The summed E-state index contributed by atoms with van der Waals surface area (Å²) in [5, 5.41) is 11.5. The summed E-state index contributed by atoms with van der Waals surface area (Å²) >= 11 is 0. The third-order valence-electron chi connectivity index (χ3n) is 6.39. The highest BCUT2D eigenvalue weighted by Gasteiger charge is 2.46. The fourth-order valence-corrected chi connectivity index (χ4v) is 4.56. The van der Waals surface area contributed by atoms with Gasteiger partial charge in [-0.15, -0.1) is 0 Å². The van der Waals surface area contributed by atoms with Gasteiger partial charge in [0.2, 0.25) is 0 Å². The molecule has 182 valence electrons. The minimum atomic E-state index is -0.631. The molecule has 1 fully saturated rings. The molecule has 1 aliphatic heterocycles. The molecule has 1 atom stereocenters. The van der Waals surface area contributed by atoms with Crippen LogP contribution in [-0.2, 0) is 15.0 Å². The van der Waals surface area contributed by atoms with Gasteiger partial charge in [0.25, 0.3) is 11.7 Å². The summed E-state index contributed by atoms with van der Waals surface area (Å²) < 4.78 is 5.81. The Kier molecular flexibility index (Phi) is 7.86. The first kappa shape index (κ1) is 25.5. The summed E-state index contributed by atoms with van der Waals surface area (Å²) in [6, 6.07) is 12.6. The largest absolute Gasteiger partial charge is 0.507 e. The molecule has 0 radical (unpaired) electrons. The molecule has 0 aromatic heterocycles. The lowest BCUT2D eigenvalue weighted by atomic mass is 9.84. The molecule has 2 aromatic carbocycles. The molecule has 1 aliphatic rings. The van der Waals surface area contributed by atoms with E-state index in [9.17, 15) is 14.7 Å². The molecule has 3 rings (SSSR count). The number of amides is 1. The van der Waals surface area contributed by atoms with Crippen LogP contribution >= 0.6 is 0 Å². The van der Waals surface area contributed by atoms with Crippen molar-refractivity contribution < 1.29 is 19.4 Å². The monoisotopic (exact) mass is 463 g/mol. The number of benzene rings is 2. The minimum absolute atomic E-state index is 0.141. The summed E-state index contributed by atoms with van der Waals surface area (Å²) in [4.78, 5) is 28.0. The van der Waals surface area contributed by atoms with Crippen LogP contribution in [0.3, 0.4) is 0 Å². The number of aliphatic hydroxyl groups is 1. The first-order chi connectivity index (χ1) is 16.1. The van der Waals surface area contributed by atoms with Crippen LogP contribution in [0.15, 0.2) is 48.0 Å². The van der Waals surface area contributed by atoms with Crippen LogP contribution in [0.5, 0.6) is 5.75 Å². The molecular weight excluding hydrogens is 426 g/mol. The van der Waals surface area contributed by atoms with Crippen molar-refractivity contribution in [2.45, 2.75) is 72.3 Å². The van der Waals surface area contributed by atoms with Gasteiger partial charge in [0, 0.05) is 17.7 Å². The molecule has 1 amide bonds. The van der Waals surface area contributed by atoms with Gasteiger partial charge in [-0.25, -0.2) is 0 Å². The van der Waals surface area contributed by atoms with Crippen LogP contribution in [-0.4, -0.2) is 34.8 Å². The van der Waals surface area contributed by atoms with Crippen molar-refractivity contribution in [2.24, 2.45) is 0 Å². The second kappa shape index (κ2) is 10.5. The molecule has 5 nitrogen and oxygen atoms in total. The van der Waals surface area contributed by atoms with E-state index < -0.39 is 17.7 Å². The van der Waals surface area contributed by atoms with E-state index in [1.54, 1.807) is 11.0 Å². The Morgan fingerprint density at radius 1 is 1.06 bits per heavy atom. The molecule has 5 heteroatoms. The number of nitrogens with zero attached hydrogens (tertiary/aromatic N) is 1. The zero-order chi connectivity index (χ0) is 25.0. The predicted molar refractivity (Wildman–Crippen MR) is 136 cm³/mol. The number of aryl methyl sites for hydroxylation is 1. The third-order valence-corrected chi connectivity index (χ3v) is 6.39. The van der Waals surface area contributed by atoms with E-state index in [2.05, 4.69) is 27.7 Å². The van der Waals surface area contributed by atoms with Gasteiger partial charge in [-0.1, -0.05) is 64.8 Å². The van der Waals surface area contributed by atoms with Gasteiger partial charge in [-0.05, 0) is 55.0 Å². The fourth-order valence-electron chi connectivity index (χ4n) is 4.56. The summed E-state index contributed by atoms with van der Waals surface area (Å²) in [5.41, 5.74) is 3.20. The van der Waals surface area contributed by atoms with Crippen molar-refractivity contribution in [1.29, 1.82) is 0 Å². The van der Waals surface area contributed by atoms with Crippen molar-refractivity contribution in [1.82, 2.24) is 4.90 Å². The van der Waals surface area contributed by atoms with Gasteiger partial charge in [-0.3, -0.25) is 9.59 Å². The van der Waals surface area contributed by atoms with Crippen LogP contribution in [0, 0.1) is 6.92 Å². The molecule has 1 heterocycles. The Morgan fingerprint density at radius 3 is 2.38 bits per heavy atom.